The Morgan fingerprint density at radius 1 is 1.19 bits per heavy atom. The van der Waals surface area contributed by atoms with Gasteiger partial charge in [0.1, 0.15) is 0 Å². The fourth-order valence-electron chi connectivity index (χ4n) is 1.89. The zero-order valence-corrected chi connectivity index (χ0v) is 10.9. The third-order valence-corrected chi connectivity index (χ3v) is 4.06. The Morgan fingerprint density at radius 2 is 1.88 bits per heavy atom. The van der Waals surface area contributed by atoms with Gasteiger partial charge in [-0.1, -0.05) is 62.9 Å². The van der Waals surface area contributed by atoms with Gasteiger partial charge in [-0.15, -0.1) is 0 Å². The molecule has 0 spiro atoms. The highest BCUT2D eigenvalue weighted by Gasteiger charge is 2.15. The minimum atomic E-state index is -2.46. The van der Waals surface area contributed by atoms with Gasteiger partial charge in [0.2, 0.25) is 0 Å². The standard InChI is InChI=1S/C13H21O2P/c1-2-3-4-8-11-13(16(14)15)12-9-6-5-7-10-12/h5-7,9-10,13,16H,2-4,8,11H2,1H3,(H,14,15). The maximum Gasteiger partial charge on any atom is 0.196 e. The average Bonchev–Trinajstić information content (AvgIpc) is 2.30. The van der Waals surface area contributed by atoms with Crippen molar-refractivity contribution in [1.29, 1.82) is 0 Å². The Hall–Kier alpha value is -0.590. The molecule has 0 bridgehead atoms. The molecule has 0 aliphatic carbocycles. The van der Waals surface area contributed by atoms with Crippen LogP contribution in [0.3, 0.4) is 0 Å². The van der Waals surface area contributed by atoms with Gasteiger partial charge in [0.25, 0.3) is 0 Å². The Kier molecular flexibility index (Phi) is 6.44. The maximum absolute atomic E-state index is 11.3. The summed E-state index contributed by atoms with van der Waals surface area (Å²) in [6.07, 6.45) is 5.45. The van der Waals surface area contributed by atoms with Crippen LogP contribution in [0.15, 0.2) is 30.3 Å². The molecule has 0 aromatic heterocycles. The highest BCUT2D eigenvalue weighted by Crippen LogP contribution is 2.41. The molecule has 16 heavy (non-hydrogen) atoms. The second-order valence-corrected chi connectivity index (χ2v) is 5.52. The number of rotatable bonds is 7. The molecule has 0 heterocycles. The highest BCUT2D eigenvalue weighted by atomic mass is 31.1. The Balaban J connectivity index is 2.52. The van der Waals surface area contributed by atoms with E-state index in [0.29, 0.717) is 0 Å². The van der Waals surface area contributed by atoms with Crippen molar-refractivity contribution in [3.8, 4) is 0 Å². The summed E-state index contributed by atoms with van der Waals surface area (Å²) in [5, 5.41) is 0. The minimum Gasteiger partial charge on any atom is -0.346 e. The number of hydrogen-bond acceptors (Lipinski definition) is 1. The van der Waals surface area contributed by atoms with E-state index in [1.807, 2.05) is 30.3 Å². The van der Waals surface area contributed by atoms with Crippen LogP contribution >= 0.6 is 8.03 Å². The van der Waals surface area contributed by atoms with E-state index >= 15 is 0 Å². The van der Waals surface area contributed by atoms with Crippen molar-refractivity contribution >= 4 is 8.03 Å². The van der Waals surface area contributed by atoms with Crippen molar-refractivity contribution in [2.24, 2.45) is 0 Å². The molecule has 0 aliphatic rings. The first-order valence-electron chi connectivity index (χ1n) is 6.03. The lowest BCUT2D eigenvalue weighted by molar-refractivity contribution is 0.480. The van der Waals surface area contributed by atoms with Gasteiger partial charge in [0.05, 0.1) is 5.66 Å². The first-order chi connectivity index (χ1) is 7.75. The van der Waals surface area contributed by atoms with Gasteiger partial charge in [0.15, 0.2) is 8.03 Å². The molecule has 0 saturated carbocycles. The van der Waals surface area contributed by atoms with Gasteiger partial charge in [-0.25, -0.2) is 0 Å². The van der Waals surface area contributed by atoms with Crippen molar-refractivity contribution in [3.05, 3.63) is 35.9 Å². The SMILES string of the molecule is CCCCCCC(c1ccccc1)[PH](=O)O. The van der Waals surface area contributed by atoms with Gasteiger partial charge < -0.3 is 4.89 Å². The van der Waals surface area contributed by atoms with Gasteiger partial charge in [-0.2, -0.15) is 0 Å². The average molecular weight is 240 g/mol. The Morgan fingerprint density at radius 3 is 2.44 bits per heavy atom. The number of hydrogen-bond donors (Lipinski definition) is 1. The third kappa shape index (κ3) is 4.51. The molecule has 2 nitrogen and oxygen atoms in total. The van der Waals surface area contributed by atoms with Crippen LogP contribution in [-0.4, -0.2) is 4.89 Å². The van der Waals surface area contributed by atoms with E-state index in [1.165, 1.54) is 12.8 Å². The predicted octanol–water partition coefficient (Wildman–Crippen LogP) is 4.17. The van der Waals surface area contributed by atoms with Crippen LogP contribution < -0.4 is 0 Å². The Labute approximate surface area is 98.6 Å². The second-order valence-electron chi connectivity index (χ2n) is 4.15. The maximum atomic E-state index is 11.3. The summed E-state index contributed by atoms with van der Waals surface area (Å²) >= 11 is 0. The minimum absolute atomic E-state index is 0.150. The van der Waals surface area contributed by atoms with E-state index < -0.39 is 8.03 Å². The van der Waals surface area contributed by atoms with Crippen molar-refractivity contribution in [2.45, 2.75) is 44.7 Å². The smallest absolute Gasteiger partial charge is 0.196 e. The molecular weight excluding hydrogens is 219 g/mol. The molecule has 0 amide bonds. The summed E-state index contributed by atoms with van der Waals surface area (Å²) in [4.78, 5) is 9.37. The first kappa shape index (κ1) is 13.5. The summed E-state index contributed by atoms with van der Waals surface area (Å²) in [6.45, 7) is 2.17. The molecule has 2 atom stereocenters. The van der Waals surface area contributed by atoms with Crippen LogP contribution in [0.1, 0.15) is 50.3 Å². The summed E-state index contributed by atoms with van der Waals surface area (Å²) in [5.41, 5.74) is 0.855. The van der Waals surface area contributed by atoms with Gasteiger partial charge in [0, 0.05) is 0 Å². The van der Waals surface area contributed by atoms with Crippen LogP contribution in [0.5, 0.6) is 0 Å². The van der Waals surface area contributed by atoms with E-state index in [0.717, 1.165) is 24.8 Å². The molecule has 1 aromatic carbocycles. The zero-order chi connectivity index (χ0) is 11.8. The van der Waals surface area contributed by atoms with Crippen molar-refractivity contribution in [2.75, 3.05) is 0 Å². The zero-order valence-electron chi connectivity index (χ0n) is 9.86. The van der Waals surface area contributed by atoms with Crippen LogP contribution in [0.4, 0.5) is 0 Å². The molecule has 0 fully saturated rings. The van der Waals surface area contributed by atoms with E-state index in [4.69, 9.17) is 0 Å². The Bertz CT molecular complexity index is 311. The fourth-order valence-corrected chi connectivity index (χ4v) is 2.82. The highest BCUT2D eigenvalue weighted by molar-refractivity contribution is 7.38. The lowest BCUT2D eigenvalue weighted by Gasteiger charge is -2.13. The largest absolute Gasteiger partial charge is 0.346 e. The van der Waals surface area contributed by atoms with E-state index in [2.05, 4.69) is 6.92 Å². The normalized spacial score (nSPS) is 14.6. The monoisotopic (exact) mass is 240 g/mol. The van der Waals surface area contributed by atoms with Crippen molar-refractivity contribution < 1.29 is 9.46 Å². The van der Waals surface area contributed by atoms with Crippen LogP contribution in [0, 0.1) is 0 Å². The second kappa shape index (κ2) is 7.65. The summed E-state index contributed by atoms with van der Waals surface area (Å²) < 4.78 is 11.3. The molecule has 1 rings (SSSR count). The molecular formula is C13H21O2P. The van der Waals surface area contributed by atoms with E-state index in [1.54, 1.807) is 0 Å². The molecule has 3 heteroatoms. The summed E-state index contributed by atoms with van der Waals surface area (Å²) in [5.74, 6) is 0. The number of benzene rings is 1. The first-order valence-corrected chi connectivity index (χ1v) is 7.46. The van der Waals surface area contributed by atoms with Gasteiger partial charge in [-0.3, -0.25) is 4.57 Å². The number of unbranched alkanes of at least 4 members (excludes halogenated alkanes) is 3. The molecule has 1 aromatic rings. The lowest BCUT2D eigenvalue weighted by atomic mass is 10.1. The van der Waals surface area contributed by atoms with Crippen LogP contribution in [0.2, 0.25) is 0 Å². The molecule has 0 saturated heterocycles. The van der Waals surface area contributed by atoms with E-state index in [9.17, 15) is 9.46 Å². The molecule has 1 N–H and O–H groups in total. The summed E-state index contributed by atoms with van der Waals surface area (Å²) in [7, 11) is -2.46. The fraction of sp³-hybridized carbons (Fsp3) is 0.538. The molecule has 0 radical (unpaired) electrons. The van der Waals surface area contributed by atoms with E-state index in [-0.39, 0.29) is 5.66 Å². The quantitative estimate of drug-likeness (QED) is 0.573. The third-order valence-electron chi connectivity index (χ3n) is 2.85. The summed E-state index contributed by atoms with van der Waals surface area (Å²) in [6, 6.07) is 9.69. The predicted molar refractivity (Wildman–Crippen MR) is 69.2 cm³/mol. The van der Waals surface area contributed by atoms with Gasteiger partial charge >= 0.3 is 0 Å². The van der Waals surface area contributed by atoms with Gasteiger partial charge in [-0.05, 0) is 12.0 Å². The van der Waals surface area contributed by atoms with Crippen LogP contribution in [0.25, 0.3) is 0 Å². The molecule has 0 aliphatic heterocycles. The molecule has 90 valence electrons. The van der Waals surface area contributed by atoms with Crippen molar-refractivity contribution in [3.63, 3.8) is 0 Å². The topological polar surface area (TPSA) is 37.3 Å². The molecule has 2 unspecified atom stereocenters. The van der Waals surface area contributed by atoms with Crippen LogP contribution in [-0.2, 0) is 4.57 Å². The van der Waals surface area contributed by atoms with Crippen molar-refractivity contribution in [1.82, 2.24) is 0 Å². The lowest BCUT2D eigenvalue weighted by Crippen LogP contribution is -1.94.